The van der Waals surface area contributed by atoms with Crippen molar-refractivity contribution in [2.24, 2.45) is 11.8 Å². The minimum Gasteiger partial charge on any atom is -0.491 e. The van der Waals surface area contributed by atoms with Crippen LogP contribution in [0.4, 0.5) is 13.2 Å². The van der Waals surface area contributed by atoms with Gasteiger partial charge in [0.25, 0.3) is 0 Å². The summed E-state index contributed by atoms with van der Waals surface area (Å²) in [5, 5.41) is 0. The topological polar surface area (TPSA) is 63.2 Å². The van der Waals surface area contributed by atoms with E-state index in [9.17, 15) is 18.0 Å². The van der Waals surface area contributed by atoms with Crippen LogP contribution in [0.2, 0.25) is 54.4 Å². The Bertz CT molecular complexity index is 1300. The highest BCUT2D eigenvalue weighted by Gasteiger charge is 2.48. The van der Waals surface area contributed by atoms with Gasteiger partial charge >= 0.3 is 12.1 Å². The summed E-state index contributed by atoms with van der Waals surface area (Å²) in [5.74, 6) is 0.246. The van der Waals surface area contributed by atoms with Crippen LogP contribution in [0.1, 0.15) is 114 Å². The molecule has 1 aliphatic rings. The highest BCUT2D eigenvalue weighted by Crippen LogP contribution is 2.45. The Balaban J connectivity index is 2.60. The number of ether oxygens (including phenoxy) is 2. The molecule has 56 heavy (non-hydrogen) atoms. The van der Waals surface area contributed by atoms with E-state index in [1.54, 1.807) is 6.07 Å². The lowest BCUT2D eigenvalue weighted by Gasteiger charge is -2.35. The van der Waals surface area contributed by atoms with E-state index >= 15 is 0 Å². The molecule has 1 fully saturated rings. The van der Waals surface area contributed by atoms with Crippen molar-refractivity contribution >= 4 is 30.9 Å². The minimum atomic E-state index is -4.45. The molecule has 0 unspecified atom stereocenters. The standard InChI is InChI=1S/C44H77F3O6Si3/c1-12-54(13-2,14-3)51-38(34-49-37-27-25-26-36(32-37)44(45,46)47)30-31-40-39(28-23-21-22-24-29-43(48)50-35(10)11)41(52-55(15-4,16-5)17-6)33-42(40)53-56(18-7,19-8)20-9/h21,23,25-27,30-32,35,38-42H,12-20,22,24,28-29,33-34H2,1-11H3/t38-,39-,40-,41+,42-/m1/s1. The van der Waals surface area contributed by atoms with Gasteiger partial charge < -0.3 is 22.8 Å². The second-order valence-corrected chi connectivity index (χ2v) is 30.2. The molecule has 12 heteroatoms. The van der Waals surface area contributed by atoms with Gasteiger partial charge in [-0.15, -0.1) is 0 Å². The predicted octanol–water partition coefficient (Wildman–Crippen LogP) is 13.5. The summed E-state index contributed by atoms with van der Waals surface area (Å²) in [7, 11) is -6.12. The lowest BCUT2D eigenvalue weighted by atomic mass is 9.89. The van der Waals surface area contributed by atoms with Crippen molar-refractivity contribution in [1.29, 1.82) is 0 Å². The zero-order valence-electron chi connectivity index (χ0n) is 36.8. The van der Waals surface area contributed by atoms with Gasteiger partial charge in [0.1, 0.15) is 12.4 Å². The van der Waals surface area contributed by atoms with E-state index in [0.29, 0.717) is 6.42 Å². The van der Waals surface area contributed by atoms with Gasteiger partial charge in [0, 0.05) is 12.3 Å². The molecule has 0 heterocycles. The number of halogens is 3. The first-order chi connectivity index (χ1) is 26.6. The second-order valence-electron chi connectivity index (χ2n) is 16.0. The van der Waals surface area contributed by atoms with Gasteiger partial charge in [-0.25, -0.2) is 0 Å². The molecule has 0 saturated heterocycles. The number of hydrogen-bond donors (Lipinski definition) is 0. The molecule has 0 radical (unpaired) electrons. The molecule has 2 rings (SSSR count). The SMILES string of the molecule is CC[Si](CC)(CC)O[C@H](C=C[C@@H]1[C@@H](CC=CCCCC(=O)OC(C)C)[C@@H](O[Si](CC)(CC)CC)C[C@H]1O[Si](CC)(CC)CC)COc1cccc(C(F)(F)F)c1. The van der Waals surface area contributed by atoms with Crippen LogP contribution in [0.25, 0.3) is 0 Å². The molecule has 0 N–H and O–H groups in total. The maximum Gasteiger partial charge on any atom is 0.416 e. The van der Waals surface area contributed by atoms with E-state index in [4.69, 9.17) is 22.8 Å². The Morgan fingerprint density at radius 1 is 0.804 bits per heavy atom. The number of rotatable bonds is 27. The molecular formula is C44H77F3O6Si3. The van der Waals surface area contributed by atoms with Crippen molar-refractivity contribution in [1.82, 2.24) is 0 Å². The molecule has 6 nitrogen and oxygen atoms in total. The molecule has 5 atom stereocenters. The first-order valence-electron chi connectivity index (χ1n) is 21.9. The normalized spacial score (nSPS) is 20.4. The van der Waals surface area contributed by atoms with Crippen LogP contribution in [-0.2, 0) is 29.0 Å². The third-order valence-electron chi connectivity index (χ3n) is 12.7. The summed E-state index contributed by atoms with van der Waals surface area (Å²) in [5.41, 5.74) is -0.730. The molecular weight excluding hydrogens is 766 g/mol. The first kappa shape index (κ1) is 50.4. The maximum absolute atomic E-state index is 13.6. The maximum atomic E-state index is 13.6. The minimum absolute atomic E-state index is 0.0141. The number of carbonyl (C=O) groups excluding carboxylic acids is 1. The first-order valence-corrected chi connectivity index (χ1v) is 29.5. The van der Waals surface area contributed by atoms with Crippen molar-refractivity contribution in [3.8, 4) is 5.75 Å². The Kier molecular flexibility index (Phi) is 22.0. The lowest BCUT2D eigenvalue weighted by molar-refractivity contribution is -0.147. The molecule has 1 aromatic carbocycles. The summed E-state index contributed by atoms with van der Waals surface area (Å²) >= 11 is 0. The van der Waals surface area contributed by atoms with Gasteiger partial charge in [-0.1, -0.05) is 92.7 Å². The van der Waals surface area contributed by atoms with Gasteiger partial charge in [-0.2, -0.15) is 13.2 Å². The highest BCUT2D eigenvalue weighted by molar-refractivity contribution is 6.74. The largest absolute Gasteiger partial charge is 0.491 e. The van der Waals surface area contributed by atoms with E-state index in [1.165, 1.54) is 6.07 Å². The van der Waals surface area contributed by atoms with Gasteiger partial charge in [-0.05, 0) is 118 Å². The molecule has 322 valence electrons. The second kappa shape index (κ2) is 24.4. The van der Waals surface area contributed by atoms with E-state index in [-0.39, 0.29) is 48.5 Å². The Morgan fingerprint density at radius 3 is 1.88 bits per heavy atom. The fourth-order valence-electron chi connectivity index (χ4n) is 8.26. The van der Waals surface area contributed by atoms with Crippen molar-refractivity contribution in [2.75, 3.05) is 6.61 Å². The van der Waals surface area contributed by atoms with Crippen LogP contribution in [0.15, 0.2) is 48.6 Å². The molecule has 1 saturated carbocycles. The number of unbranched alkanes of at least 4 members (excludes halogenated alkanes) is 1. The highest BCUT2D eigenvalue weighted by atomic mass is 28.4. The summed E-state index contributed by atoms with van der Waals surface area (Å²) in [6, 6.07) is 14.3. The smallest absolute Gasteiger partial charge is 0.416 e. The summed E-state index contributed by atoms with van der Waals surface area (Å²) < 4.78 is 74.0. The Hall–Kier alpha value is -1.71. The predicted molar refractivity (Wildman–Crippen MR) is 233 cm³/mol. The molecule has 0 amide bonds. The molecule has 1 aromatic rings. The van der Waals surface area contributed by atoms with Crippen LogP contribution in [0, 0.1) is 11.8 Å². The number of hydrogen-bond acceptors (Lipinski definition) is 6. The van der Waals surface area contributed by atoms with Crippen molar-refractivity contribution in [2.45, 2.75) is 193 Å². The number of benzene rings is 1. The van der Waals surface area contributed by atoms with Gasteiger partial charge in [0.15, 0.2) is 25.0 Å². The van der Waals surface area contributed by atoms with E-state index in [1.807, 2.05) is 13.8 Å². The van der Waals surface area contributed by atoms with Gasteiger partial charge in [0.2, 0.25) is 0 Å². The summed E-state index contributed by atoms with van der Waals surface area (Å²) in [6.07, 6.45) is 7.50. The monoisotopic (exact) mass is 842 g/mol. The molecule has 0 bridgehead atoms. The van der Waals surface area contributed by atoms with Crippen LogP contribution in [-0.4, -0.2) is 61.9 Å². The molecule has 0 aliphatic heterocycles. The molecule has 0 aromatic heterocycles. The van der Waals surface area contributed by atoms with Crippen LogP contribution >= 0.6 is 0 Å². The van der Waals surface area contributed by atoms with Crippen LogP contribution in [0.3, 0.4) is 0 Å². The third kappa shape index (κ3) is 15.1. The van der Waals surface area contributed by atoms with E-state index in [0.717, 1.165) is 92.2 Å². The van der Waals surface area contributed by atoms with E-state index < -0.39 is 42.8 Å². The number of alkyl halides is 3. The van der Waals surface area contributed by atoms with Gasteiger partial charge in [-0.3, -0.25) is 4.79 Å². The Labute approximate surface area is 342 Å². The average Bonchev–Trinajstić information content (AvgIpc) is 3.50. The van der Waals surface area contributed by atoms with Crippen molar-refractivity contribution in [3.63, 3.8) is 0 Å². The fourth-order valence-corrected chi connectivity index (χ4v) is 16.9. The van der Waals surface area contributed by atoms with Crippen molar-refractivity contribution in [3.05, 3.63) is 54.1 Å². The quantitative estimate of drug-likeness (QED) is 0.0380. The zero-order chi connectivity index (χ0) is 42.0. The van der Waals surface area contributed by atoms with Gasteiger partial charge in [0.05, 0.1) is 30.0 Å². The average molecular weight is 843 g/mol. The van der Waals surface area contributed by atoms with Crippen LogP contribution < -0.4 is 4.74 Å². The number of carbonyl (C=O) groups is 1. The summed E-state index contributed by atoms with van der Waals surface area (Å²) in [6.45, 7) is 24.0. The summed E-state index contributed by atoms with van der Waals surface area (Å²) in [4.78, 5) is 12.1. The fraction of sp³-hybridized carbons (Fsp3) is 0.750. The molecule has 0 spiro atoms. The van der Waals surface area contributed by atoms with Crippen molar-refractivity contribution < 1.29 is 40.7 Å². The Morgan fingerprint density at radius 2 is 1.36 bits per heavy atom. The van der Waals surface area contributed by atoms with Crippen LogP contribution in [0.5, 0.6) is 5.75 Å². The zero-order valence-corrected chi connectivity index (χ0v) is 39.8. The number of allylic oxidation sites excluding steroid dienone is 2. The number of esters is 1. The lowest BCUT2D eigenvalue weighted by Crippen LogP contribution is -2.42. The molecule has 1 aliphatic carbocycles. The third-order valence-corrected chi connectivity index (χ3v) is 26.7. The van der Waals surface area contributed by atoms with E-state index in [2.05, 4.69) is 86.6 Å².